The molecule has 1 amide bonds. The lowest BCUT2D eigenvalue weighted by Gasteiger charge is -2.30. The lowest BCUT2D eigenvalue weighted by molar-refractivity contribution is -0.138. The van der Waals surface area contributed by atoms with E-state index in [-0.39, 0.29) is 29.9 Å². The number of amides is 1. The number of nitrogens with one attached hydrogen (secondary N) is 3. The number of aromatic amines is 1. The highest BCUT2D eigenvalue weighted by atomic mass is 32.2. The first kappa shape index (κ1) is 35.9. The minimum absolute atomic E-state index is 0.0921. The summed E-state index contributed by atoms with van der Waals surface area (Å²) >= 11 is -2.82. The molecule has 2 atom stereocenters. The monoisotopic (exact) mass is 706 g/mol. The minimum Gasteiger partial charge on any atom is -0.480 e. The minimum atomic E-state index is -2.82. The van der Waals surface area contributed by atoms with Gasteiger partial charge in [0.25, 0.3) is 17.2 Å². The first-order chi connectivity index (χ1) is 23.8. The van der Waals surface area contributed by atoms with E-state index in [4.69, 9.17) is 0 Å². The van der Waals surface area contributed by atoms with Gasteiger partial charge < -0.3 is 25.3 Å². The van der Waals surface area contributed by atoms with E-state index in [0.717, 1.165) is 33.4 Å². The smallest absolute Gasteiger partial charge is 0.329 e. The van der Waals surface area contributed by atoms with E-state index >= 15 is 8.78 Å². The van der Waals surface area contributed by atoms with Gasteiger partial charge in [-0.05, 0) is 56.9 Å². The molecule has 5 aromatic rings. The zero-order valence-electron chi connectivity index (χ0n) is 27.7. The standard InChI is InChI=1S/C35H36F2N6O6S/c1-19-12-20(2)30(21(3)13-19)43(50(48)49)28(34(46)47)17-38-33(45)26-18-42(11-10-23-8-6-5-7-9-23)31-24(32(26)44)14-27(36)25(29(31)37)16-40-35-39-15-22(4)41-35/h5-9,12-15,18,28H,10-11,16-17H2,1-4H3,(H,38,45)(H,46,47)(H,48,49)(H2,39,40,41). The molecule has 0 aliphatic heterocycles. The third kappa shape index (κ3) is 7.58. The fraction of sp³-hybridized carbons (Fsp3) is 0.257. The van der Waals surface area contributed by atoms with Crippen molar-refractivity contribution >= 4 is 45.7 Å². The first-order valence-electron chi connectivity index (χ1n) is 15.6. The number of benzene rings is 3. The van der Waals surface area contributed by atoms with E-state index in [0.29, 0.717) is 23.5 Å². The number of carboxylic acid groups (broad SMARTS) is 1. The number of aryl methyl sites for hydroxylation is 6. The molecule has 2 aromatic heterocycles. The van der Waals surface area contributed by atoms with E-state index in [9.17, 15) is 28.3 Å². The molecule has 15 heteroatoms. The molecule has 0 saturated heterocycles. The molecule has 12 nitrogen and oxygen atoms in total. The molecule has 0 radical (unpaired) electrons. The lowest BCUT2D eigenvalue weighted by Crippen LogP contribution is -2.50. The molecule has 2 unspecified atom stereocenters. The Bertz CT molecular complexity index is 2150. The Morgan fingerprint density at radius 1 is 1.08 bits per heavy atom. The number of hydrogen-bond donors (Lipinski definition) is 5. The van der Waals surface area contributed by atoms with Crippen LogP contribution in [0.2, 0.25) is 0 Å². The molecule has 5 N–H and O–H groups in total. The van der Waals surface area contributed by atoms with Crippen LogP contribution in [0.3, 0.4) is 0 Å². The van der Waals surface area contributed by atoms with Crippen LogP contribution in [0, 0.1) is 39.3 Å². The van der Waals surface area contributed by atoms with Crippen LogP contribution in [0.5, 0.6) is 0 Å². The normalized spacial score (nSPS) is 12.5. The van der Waals surface area contributed by atoms with Crippen molar-refractivity contribution in [3.63, 3.8) is 0 Å². The van der Waals surface area contributed by atoms with Crippen molar-refractivity contribution in [1.82, 2.24) is 19.9 Å². The maximum Gasteiger partial charge on any atom is 0.329 e. The summed E-state index contributed by atoms with van der Waals surface area (Å²) in [4.78, 5) is 46.7. The zero-order chi connectivity index (χ0) is 36.3. The Morgan fingerprint density at radius 2 is 1.76 bits per heavy atom. The second kappa shape index (κ2) is 15.0. The molecule has 3 aromatic carbocycles. The Balaban J connectivity index is 1.52. The molecular formula is C35H36F2N6O6S. The number of aliphatic carboxylic acids is 1. The Hall–Kier alpha value is -5.41. The Labute approximate surface area is 288 Å². The number of halogens is 2. The average molecular weight is 707 g/mol. The van der Waals surface area contributed by atoms with Crippen molar-refractivity contribution in [2.75, 3.05) is 16.2 Å². The number of anilines is 2. The predicted octanol–water partition coefficient (Wildman–Crippen LogP) is 4.92. The molecule has 0 bridgehead atoms. The number of carboxylic acids is 1. The van der Waals surface area contributed by atoms with Crippen LogP contribution in [-0.4, -0.2) is 52.9 Å². The van der Waals surface area contributed by atoms with Crippen LogP contribution in [0.1, 0.15) is 43.9 Å². The van der Waals surface area contributed by atoms with E-state index in [1.165, 1.54) is 4.57 Å². The number of carbonyl (C=O) groups is 2. The van der Waals surface area contributed by atoms with Crippen LogP contribution in [0.15, 0.2) is 65.7 Å². The fourth-order valence-electron chi connectivity index (χ4n) is 6.01. The number of carbonyl (C=O) groups excluding carboxylic acids is 1. The fourth-order valence-corrected chi connectivity index (χ4v) is 6.84. The van der Waals surface area contributed by atoms with Gasteiger partial charge in [0.05, 0.1) is 23.1 Å². The lowest BCUT2D eigenvalue weighted by atomic mass is 10.0. The molecular weight excluding hydrogens is 670 g/mol. The highest BCUT2D eigenvalue weighted by Crippen LogP contribution is 2.29. The third-order valence-electron chi connectivity index (χ3n) is 8.26. The van der Waals surface area contributed by atoms with Gasteiger partial charge in [-0.25, -0.2) is 22.8 Å². The number of imidazole rings is 1. The molecule has 0 fully saturated rings. The topological polar surface area (TPSA) is 170 Å². The van der Waals surface area contributed by atoms with Gasteiger partial charge in [0.2, 0.25) is 11.4 Å². The van der Waals surface area contributed by atoms with Gasteiger partial charge in [-0.1, -0.05) is 48.0 Å². The summed E-state index contributed by atoms with van der Waals surface area (Å²) in [7, 11) is 0. The van der Waals surface area contributed by atoms with Gasteiger partial charge in [0, 0.05) is 36.7 Å². The number of fused-ring (bicyclic) bond motifs is 1. The van der Waals surface area contributed by atoms with E-state index < -0.39 is 63.7 Å². The molecule has 5 rings (SSSR count). The third-order valence-corrected chi connectivity index (χ3v) is 9.03. The molecule has 262 valence electrons. The van der Waals surface area contributed by atoms with E-state index in [1.54, 1.807) is 39.1 Å². The number of H-pyrrole nitrogens is 1. The van der Waals surface area contributed by atoms with Crippen LogP contribution in [-0.2, 0) is 35.6 Å². The highest BCUT2D eigenvalue weighted by Gasteiger charge is 2.33. The maximum absolute atomic E-state index is 16.2. The molecule has 0 saturated carbocycles. The second-order valence-corrected chi connectivity index (χ2v) is 12.8. The maximum atomic E-state index is 16.2. The summed E-state index contributed by atoms with van der Waals surface area (Å²) in [5.41, 5.74) is 1.71. The SMILES string of the molecule is Cc1cc(C)c(N(C(CNC(=O)c2cn(CCc3ccccc3)c3c(F)c(CNc4ncc(C)[nH]4)c(F)cc3c2=O)C(=O)O)S(=O)O)c(C)c1. The number of hydrogen-bond acceptors (Lipinski definition) is 6. The molecule has 0 aliphatic carbocycles. The van der Waals surface area contributed by atoms with Gasteiger partial charge in [0.15, 0.2) is 11.9 Å². The summed E-state index contributed by atoms with van der Waals surface area (Å²) < 4.78 is 56.5. The van der Waals surface area contributed by atoms with Crippen molar-refractivity contribution in [3.8, 4) is 0 Å². The zero-order valence-corrected chi connectivity index (χ0v) is 28.5. The molecule has 0 spiro atoms. The van der Waals surface area contributed by atoms with Crippen molar-refractivity contribution in [2.45, 2.75) is 53.2 Å². The van der Waals surface area contributed by atoms with Crippen molar-refractivity contribution in [1.29, 1.82) is 0 Å². The number of pyridine rings is 1. The molecule has 50 heavy (non-hydrogen) atoms. The summed E-state index contributed by atoms with van der Waals surface area (Å²) in [6.45, 7) is 6.03. The van der Waals surface area contributed by atoms with Gasteiger partial charge in [-0.3, -0.25) is 18.4 Å². The highest BCUT2D eigenvalue weighted by molar-refractivity contribution is 7.80. The molecule has 2 heterocycles. The summed E-state index contributed by atoms with van der Waals surface area (Å²) in [5.74, 6) is -4.27. The van der Waals surface area contributed by atoms with Crippen LogP contribution in [0.25, 0.3) is 10.9 Å². The average Bonchev–Trinajstić information content (AvgIpc) is 3.48. The second-order valence-electron chi connectivity index (χ2n) is 12.0. The largest absolute Gasteiger partial charge is 0.480 e. The Kier molecular flexibility index (Phi) is 10.8. The number of nitrogens with zero attached hydrogens (tertiary/aromatic N) is 3. The van der Waals surface area contributed by atoms with Crippen LogP contribution >= 0.6 is 0 Å². The van der Waals surface area contributed by atoms with Crippen molar-refractivity contribution < 1.29 is 32.2 Å². The number of rotatable bonds is 13. The van der Waals surface area contributed by atoms with Crippen LogP contribution in [0.4, 0.5) is 20.4 Å². The van der Waals surface area contributed by atoms with Gasteiger partial charge in [-0.2, -0.15) is 0 Å². The molecule has 0 aliphatic rings. The summed E-state index contributed by atoms with van der Waals surface area (Å²) in [5, 5.41) is 14.9. The van der Waals surface area contributed by atoms with Crippen LogP contribution < -0.4 is 20.4 Å². The van der Waals surface area contributed by atoms with Gasteiger partial charge >= 0.3 is 5.97 Å². The van der Waals surface area contributed by atoms with Crippen molar-refractivity contribution in [2.24, 2.45) is 0 Å². The van der Waals surface area contributed by atoms with Gasteiger partial charge in [-0.15, -0.1) is 0 Å². The van der Waals surface area contributed by atoms with Gasteiger partial charge in [0.1, 0.15) is 11.4 Å². The number of aromatic nitrogens is 3. The van der Waals surface area contributed by atoms with E-state index in [2.05, 4.69) is 20.6 Å². The predicted molar refractivity (Wildman–Crippen MR) is 187 cm³/mol. The Morgan fingerprint density at radius 3 is 2.36 bits per heavy atom. The first-order valence-corrected chi connectivity index (χ1v) is 16.7. The van der Waals surface area contributed by atoms with Crippen molar-refractivity contribution in [3.05, 3.63) is 122 Å². The summed E-state index contributed by atoms with van der Waals surface area (Å²) in [6, 6.07) is 11.8. The summed E-state index contributed by atoms with van der Waals surface area (Å²) in [6.07, 6.45) is 3.07. The van der Waals surface area contributed by atoms with E-state index in [1.807, 2.05) is 37.3 Å². The quantitative estimate of drug-likeness (QED) is 0.108.